The molecule has 4 nitrogen and oxygen atoms in total. The molecule has 5 heteroatoms. The normalized spacial score (nSPS) is 10.9. The summed E-state index contributed by atoms with van der Waals surface area (Å²) in [4.78, 5) is 27.0. The highest BCUT2D eigenvalue weighted by atomic mass is 31.2. The first-order valence-corrected chi connectivity index (χ1v) is 3.99. The smallest absolute Gasteiger partial charge is 0.301 e. The van der Waals surface area contributed by atoms with Crippen LogP contribution < -0.4 is 0 Å². The van der Waals surface area contributed by atoms with Crippen LogP contribution in [0, 0.1) is 5.41 Å². The Labute approximate surface area is 47.2 Å². The van der Waals surface area contributed by atoms with Crippen molar-refractivity contribution in [1.82, 2.24) is 0 Å². The summed E-state index contributed by atoms with van der Waals surface area (Å²) in [6.45, 7) is 1.01. The number of carbonyl (C=O) groups is 1. The second-order valence-corrected chi connectivity index (χ2v) is 3.66. The summed E-state index contributed by atoms with van der Waals surface area (Å²) in [7, 11) is -3.39. The predicted octanol–water partition coefficient (Wildman–Crippen LogP) is -0.375. The molecule has 0 bridgehead atoms. The van der Waals surface area contributed by atoms with E-state index in [1.54, 1.807) is 0 Å². The SMILES string of the molecule is C[P+](O)(O)C(=O)C=N. The molecule has 0 amide bonds. The van der Waals surface area contributed by atoms with E-state index < -0.39 is 13.2 Å². The third-order valence-electron chi connectivity index (χ3n) is 0.541. The second-order valence-electron chi connectivity index (χ2n) is 1.40. The molecule has 0 fully saturated rings. The van der Waals surface area contributed by atoms with Gasteiger partial charge in [0.05, 0.1) is 0 Å². The first-order chi connectivity index (χ1) is 3.48. The van der Waals surface area contributed by atoms with Crippen LogP contribution in [-0.4, -0.2) is 28.2 Å². The summed E-state index contributed by atoms with van der Waals surface area (Å²) < 4.78 is 0. The van der Waals surface area contributed by atoms with Crippen molar-refractivity contribution in [3.63, 3.8) is 0 Å². The van der Waals surface area contributed by atoms with Crippen molar-refractivity contribution in [2.75, 3.05) is 6.66 Å². The van der Waals surface area contributed by atoms with Gasteiger partial charge >= 0.3 is 13.2 Å². The Bertz CT molecular complexity index is 116. The molecule has 0 saturated carbocycles. The van der Waals surface area contributed by atoms with E-state index in [2.05, 4.69) is 0 Å². The summed E-state index contributed by atoms with van der Waals surface area (Å²) in [6, 6.07) is 0. The van der Waals surface area contributed by atoms with E-state index in [0.717, 1.165) is 6.66 Å². The van der Waals surface area contributed by atoms with Crippen LogP contribution in [0.15, 0.2) is 0 Å². The minimum atomic E-state index is -3.39. The molecule has 8 heavy (non-hydrogen) atoms. The molecule has 0 aliphatic heterocycles. The Balaban J connectivity index is 4.02. The van der Waals surface area contributed by atoms with E-state index in [9.17, 15) is 4.79 Å². The number of hydrogen-bond donors (Lipinski definition) is 3. The summed E-state index contributed by atoms with van der Waals surface area (Å²) in [5.41, 5.74) is -0.905. The minimum Gasteiger partial charge on any atom is -0.301 e. The lowest BCUT2D eigenvalue weighted by molar-refractivity contribution is -0.107. The second kappa shape index (κ2) is 2.31. The first-order valence-electron chi connectivity index (χ1n) is 1.85. The van der Waals surface area contributed by atoms with Gasteiger partial charge in [-0.05, 0) is 0 Å². The van der Waals surface area contributed by atoms with Gasteiger partial charge in [-0.25, -0.2) is 14.6 Å². The van der Waals surface area contributed by atoms with E-state index in [0.29, 0.717) is 6.21 Å². The minimum absolute atomic E-state index is 0.410. The number of carbonyl (C=O) groups excluding carboxylic acids is 1. The molecule has 46 valence electrons. The van der Waals surface area contributed by atoms with E-state index in [4.69, 9.17) is 15.2 Å². The Morgan fingerprint density at radius 2 is 2.12 bits per heavy atom. The molecule has 0 unspecified atom stereocenters. The van der Waals surface area contributed by atoms with Crippen molar-refractivity contribution in [2.45, 2.75) is 0 Å². The third-order valence-corrected chi connectivity index (χ3v) is 1.51. The van der Waals surface area contributed by atoms with Gasteiger partial charge in [-0.15, -0.1) is 0 Å². The van der Waals surface area contributed by atoms with Crippen molar-refractivity contribution >= 4 is 19.5 Å². The van der Waals surface area contributed by atoms with Gasteiger partial charge in [-0.1, -0.05) is 0 Å². The molecule has 0 saturated heterocycles. The summed E-state index contributed by atoms with van der Waals surface area (Å²) in [5.74, 6) is 0. The molecule has 0 aromatic carbocycles. The number of nitrogens with one attached hydrogen (secondary N) is 1. The topological polar surface area (TPSA) is 81.4 Å². The largest absolute Gasteiger partial charge is 0.366 e. The van der Waals surface area contributed by atoms with E-state index >= 15 is 0 Å². The van der Waals surface area contributed by atoms with Crippen LogP contribution in [-0.2, 0) is 4.79 Å². The van der Waals surface area contributed by atoms with Gasteiger partial charge < -0.3 is 5.41 Å². The first kappa shape index (κ1) is 7.69. The lowest BCUT2D eigenvalue weighted by atomic mass is 10.9. The van der Waals surface area contributed by atoms with Crippen LogP contribution in [0.2, 0.25) is 0 Å². The van der Waals surface area contributed by atoms with Crippen molar-refractivity contribution in [1.29, 1.82) is 5.41 Å². The van der Waals surface area contributed by atoms with Crippen LogP contribution in [0.4, 0.5) is 0 Å². The molecular weight excluding hydrogens is 129 g/mol. The Morgan fingerprint density at radius 3 is 2.12 bits per heavy atom. The molecule has 3 N–H and O–H groups in total. The van der Waals surface area contributed by atoms with Gasteiger partial charge in [0, 0.05) is 0 Å². The van der Waals surface area contributed by atoms with Crippen molar-refractivity contribution in [3.05, 3.63) is 0 Å². The van der Waals surface area contributed by atoms with Crippen LogP contribution in [0.5, 0.6) is 0 Å². The molecule has 0 atom stereocenters. The average Bonchev–Trinajstić information content (AvgIpc) is 1.62. The highest BCUT2D eigenvalue weighted by Crippen LogP contribution is 2.44. The maximum atomic E-state index is 10.1. The Morgan fingerprint density at radius 1 is 1.75 bits per heavy atom. The van der Waals surface area contributed by atoms with Crippen LogP contribution in [0.3, 0.4) is 0 Å². The van der Waals surface area contributed by atoms with Crippen LogP contribution in [0.25, 0.3) is 0 Å². The predicted molar refractivity (Wildman–Crippen MR) is 31.1 cm³/mol. The van der Waals surface area contributed by atoms with Crippen molar-refractivity contribution in [2.24, 2.45) is 0 Å². The van der Waals surface area contributed by atoms with Crippen LogP contribution in [0.1, 0.15) is 0 Å². The Hall–Kier alpha value is -0.310. The maximum Gasteiger partial charge on any atom is 0.366 e. The molecule has 0 aliphatic rings. The Kier molecular flexibility index (Phi) is 2.22. The molecule has 0 spiro atoms. The van der Waals surface area contributed by atoms with Gasteiger partial charge in [0.15, 0.2) is 0 Å². The van der Waals surface area contributed by atoms with E-state index in [1.165, 1.54) is 0 Å². The molecular formula is C3H7NO3P+. The molecule has 0 aliphatic carbocycles. The maximum absolute atomic E-state index is 10.1. The monoisotopic (exact) mass is 136 g/mol. The van der Waals surface area contributed by atoms with Gasteiger partial charge in [0.1, 0.15) is 12.9 Å². The van der Waals surface area contributed by atoms with Gasteiger partial charge in [0.2, 0.25) is 0 Å². The summed E-state index contributed by atoms with van der Waals surface area (Å²) in [6.07, 6.45) is 0.410. The lowest BCUT2D eigenvalue weighted by Crippen LogP contribution is -2.03. The van der Waals surface area contributed by atoms with E-state index in [1.807, 2.05) is 0 Å². The zero-order valence-electron chi connectivity index (χ0n) is 4.33. The van der Waals surface area contributed by atoms with Gasteiger partial charge in [0.25, 0.3) is 0 Å². The fourth-order valence-electron chi connectivity index (χ4n) is 0.122. The fourth-order valence-corrected chi connectivity index (χ4v) is 0.367. The molecule has 0 aromatic rings. The highest BCUT2D eigenvalue weighted by Gasteiger charge is 2.35. The average molecular weight is 136 g/mol. The standard InChI is InChI=1S/C3H7NO3P/c1-8(6,7)3(5)2-4/h2,4,6-7H,1H3/q+1. The molecule has 0 aromatic heterocycles. The molecule has 0 rings (SSSR count). The van der Waals surface area contributed by atoms with Gasteiger partial charge in [-0.3, -0.25) is 0 Å². The fraction of sp³-hybridized carbons (Fsp3) is 0.333. The summed E-state index contributed by atoms with van der Waals surface area (Å²) >= 11 is 0. The molecule has 0 radical (unpaired) electrons. The summed E-state index contributed by atoms with van der Waals surface area (Å²) in [5, 5.41) is 6.30. The zero-order chi connectivity index (χ0) is 6.78. The third kappa shape index (κ3) is 2.12. The number of hydrogen-bond acceptors (Lipinski definition) is 4. The molecule has 0 heterocycles. The number of rotatable bonds is 2. The van der Waals surface area contributed by atoms with Gasteiger partial charge in [-0.2, -0.15) is 0 Å². The van der Waals surface area contributed by atoms with Crippen molar-refractivity contribution in [3.8, 4) is 0 Å². The van der Waals surface area contributed by atoms with Crippen molar-refractivity contribution < 1.29 is 14.6 Å². The van der Waals surface area contributed by atoms with E-state index in [-0.39, 0.29) is 0 Å². The highest BCUT2D eigenvalue weighted by molar-refractivity contribution is 7.82. The zero-order valence-corrected chi connectivity index (χ0v) is 5.22. The lowest BCUT2D eigenvalue weighted by Gasteiger charge is -1.96. The van der Waals surface area contributed by atoms with Crippen LogP contribution >= 0.6 is 7.72 Å². The quantitative estimate of drug-likeness (QED) is 0.357.